The minimum Gasteiger partial charge on any atom is -0.343 e. The smallest absolute Gasteiger partial charge is 0.343 e. The van der Waals surface area contributed by atoms with Gasteiger partial charge in [0.05, 0.1) is 6.04 Å². The third-order valence-electron chi connectivity index (χ3n) is 5.16. The van der Waals surface area contributed by atoms with Crippen molar-refractivity contribution in [3.8, 4) is 0 Å². The molecule has 0 aromatic heterocycles. The quantitative estimate of drug-likeness (QED) is 0.815. The molecule has 8 heteroatoms. The van der Waals surface area contributed by atoms with E-state index in [1.165, 1.54) is 6.42 Å². The zero-order chi connectivity index (χ0) is 16.6. The molecule has 2 aliphatic heterocycles. The van der Waals surface area contributed by atoms with Crippen molar-refractivity contribution in [1.82, 2.24) is 15.5 Å². The Balaban J connectivity index is 1.52. The maximum absolute atomic E-state index is 12.4. The van der Waals surface area contributed by atoms with Gasteiger partial charge in [0, 0.05) is 12.6 Å². The molecule has 4 atom stereocenters. The minimum absolute atomic E-state index is 0.0344. The van der Waals surface area contributed by atoms with Crippen molar-refractivity contribution in [2.45, 2.75) is 62.8 Å². The molecule has 1 aliphatic carbocycles. The lowest BCUT2D eigenvalue weighted by Gasteiger charge is -2.24. The summed E-state index contributed by atoms with van der Waals surface area (Å²) in [7, 11) is 0. The van der Waals surface area contributed by atoms with E-state index in [2.05, 4.69) is 10.6 Å². The molecular weight excluding hydrogens is 311 g/mol. The van der Waals surface area contributed by atoms with E-state index in [0.29, 0.717) is 12.0 Å². The van der Waals surface area contributed by atoms with Crippen LogP contribution < -0.4 is 10.6 Å². The normalized spacial score (nSPS) is 34.6. The molecule has 2 heterocycles. The highest BCUT2D eigenvalue weighted by atomic mass is 19.4. The van der Waals surface area contributed by atoms with Gasteiger partial charge in [0.1, 0.15) is 12.6 Å². The molecule has 0 aromatic carbocycles. The zero-order valence-electron chi connectivity index (χ0n) is 12.9. The molecule has 2 amide bonds. The van der Waals surface area contributed by atoms with Crippen LogP contribution in [0.15, 0.2) is 0 Å². The number of rotatable bonds is 3. The number of nitrogens with one attached hydrogen (secondary N) is 2. The Morgan fingerprint density at radius 1 is 1.26 bits per heavy atom. The van der Waals surface area contributed by atoms with Crippen LogP contribution in [0, 0.1) is 5.92 Å². The summed E-state index contributed by atoms with van der Waals surface area (Å²) in [5, 5.41) is 5.95. The Labute approximate surface area is 133 Å². The Hall–Kier alpha value is -1.31. The molecule has 2 N–H and O–H groups in total. The monoisotopic (exact) mass is 333 g/mol. The zero-order valence-corrected chi connectivity index (χ0v) is 12.9. The average Bonchev–Trinajstić information content (AvgIpc) is 3.04. The standard InChI is InChI=1S/C15H22F3N3O2/c16-15(17,18)8-21-6-5-11(14(21)23)20-13(22)12-7-9-3-1-2-4-10(9)19-12/h9-12,19H,1-8H2,(H,20,22). The van der Waals surface area contributed by atoms with Crippen molar-refractivity contribution in [1.29, 1.82) is 0 Å². The van der Waals surface area contributed by atoms with E-state index in [9.17, 15) is 22.8 Å². The van der Waals surface area contributed by atoms with Crippen LogP contribution in [0.4, 0.5) is 13.2 Å². The van der Waals surface area contributed by atoms with Gasteiger partial charge in [-0.05, 0) is 31.6 Å². The third-order valence-corrected chi connectivity index (χ3v) is 5.16. The summed E-state index contributed by atoms with van der Waals surface area (Å²) in [6.45, 7) is -1.21. The van der Waals surface area contributed by atoms with Gasteiger partial charge in [0.25, 0.3) is 0 Å². The van der Waals surface area contributed by atoms with E-state index >= 15 is 0 Å². The van der Waals surface area contributed by atoms with E-state index in [1.807, 2.05) is 0 Å². The predicted octanol–water partition coefficient (Wildman–Crippen LogP) is 1.19. The molecule has 3 aliphatic rings. The Kier molecular flexibility index (Phi) is 4.53. The van der Waals surface area contributed by atoms with Crippen LogP contribution in [0.25, 0.3) is 0 Å². The second kappa shape index (κ2) is 6.30. The SMILES string of the molecule is O=C(NC1CCN(CC(F)(F)F)C1=O)C1CC2CCCCC2N1. The molecule has 1 saturated carbocycles. The van der Waals surface area contributed by atoms with E-state index in [4.69, 9.17) is 0 Å². The van der Waals surface area contributed by atoms with Crippen molar-refractivity contribution in [3.05, 3.63) is 0 Å². The van der Waals surface area contributed by atoms with Crippen LogP contribution >= 0.6 is 0 Å². The number of amides is 2. The fourth-order valence-corrected chi connectivity index (χ4v) is 4.04. The highest BCUT2D eigenvalue weighted by Gasteiger charge is 2.42. The summed E-state index contributed by atoms with van der Waals surface area (Å²) in [5.41, 5.74) is 0. The number of nitrogens with zero attached hydrogens (tertiary/aromatic N) is 1. The summed E-state index contributed by atoms with van der Waals surface area (Å²) in [5.74, 6) is -0.391. The van der Waals surface area contributed by atoms with Crippen LogP contribution in [0.2, 0.25) is 0 Å². The summed E-state index contributed by atoms with van der Waals surface area (Å²) in [6, 6.07) is -0.789. The summed E-state index contributed by atoms with van der Waals surface area (Å²) < 4.78 is 37.2. The fraction of sp³-hybridized carbons (Fsp3) is 0.867. The maximum Gasteiger partial charge on any atom is 0.406 e. The number of hydrogen-bond acceptors (Lipinski definition) is 3. The van der Waals surface area contributed by atoms with Gasteiger partial charge in [-0.1, -0.05) is 12.8 Å². The molecule has 130 valence electrons. The highest BCUT2D eigenvalue weighted by Crippen LogP contribution is 2.33. The lowest BCUT2D eigenvalue weighted by Crippen LogP contribution is -2.49. The Morgan fingerprint density at radius 3 is 2.70 bits per heavy atom. The number of fused-ring (bicyclic) bond motifs is 1. The third kappa shape index (κ3) is 3.79. The van der Waals surface area contributed by atoms with Crippen molar-refractivity contribution < 1.29 is 22.8 Å². The lowest BCUT2D eigenvalue weighted by molar-refractivity contribution is -0.158. The van der Waals surface area contributed by atoms with Crippen molar-refractivity contribution in [2.24, 2.45) is 5.92 Å². The van der Waals surface area contributed by atoms with Crippen molar-refractivity contribution in [3.63, 3.8) is 0 Å². The van der Waals surface area contributed by atoms with Gasteiger partial charge in [0.2, 0.25) is 11.8 Å². The molecule has 0 bridgehead atoms. The van der Waals surface area contributed by atoms with E-state index in [-0.39, 0.29) is 24.9 Å². The van der Waals surface area contributed by atoms with E-state index in [1.54, 1.807) is 0 Å². The number of hydrogen-bond donors (Lipinski definition) is 2. The number of carbonyl (C=O) groups excluding carboxylic acids is 2. The Bertz CT molecular complexity index is 469. The molecule has 3 fully saturated rings. The van der Waals surface area contributed by atoms with Crippen LogP contribution in [-0.2, 0) is 9.59 Å². The van der Waals surface area contributed by atoms with Gasteiger partial charge >= 0.3 is 6.18 Å². The number of carbonyl (C=O) groups is 2. The second-order valence-electron chi connectivity index (χ2n) is 6.83. The summed E-state index contributed by atoms with van der Waals surface area (Å²) >= 11 is 0. The lowest BCUT2D eigenvalue weighted by atomic mass is 9.85. The Morgan fingerprint density at radius 2 is 2.00 bits per heavy atom. The van der Waals surface area contributed by atoms with Crippen LogP contribution in [-0.4, -0.2) is 54.1 Å². The van der Waals surface area contributed by atoms with Crippen LogP contribution in [0.1, 0.15) is 38.5 Å². The molecule has 5 nitrogen and oxygen atoms in total. The van der Waals surface area contributed by atoms with Gasteiger partial charge in [-0.3, -0.25) is 9.59 Å². The first-order valence-corrected chi connectivity index (χ1v) is 8.25. The molecule has 2 saturated heterocycles. The van der Waals surface area contributed by atoms with Crippen LogP contribution in [0.3, 0.4) is 0 Å². The highest BCUT2D eigenvalue weighted by molar-refractivity contribution is 5.91. The topological polar surface area (TPSA) is 61.4 Å². The summed E-state index contributed by atoms with van der Waals surface area (Å²) in [6.07, 6.45) is 1.11. The molecule has 0 spiro atoms. The molecule has 0 aromatic rings. The van der Waals surface area contributed by atoms with E-state index < -0.39 is 24.7 Å². The molecular formula is C15H22F3N3O2. The first-order chi connectivity index (χ1) is 10.8. The maximum atomic E-state index is 12.4. The molecule has 4 unspecified atom stereocenters. The molecule has 3 rings (SSSR count). The van der Waals surface area contributed by atoms with Gasteiger partial charge in [-0.15, -0.1) is 0 Å². The van der Waals surface area contributed by atoms with Gasteiger partial charge in [-0.2, -0.15) is 13.2 Å². The van der Waals surface area contributed by atoms with Gasteiger partial charge in [0.15, 0.2) is 0 Å². The second-order valence-corrected chi connectivity index (χ2v) is 6.83. The first-order valence-electron chi connectivity index (χ1n) is 8.25. The first kappa shape index (κ1) is 16.5. The van der Waals surface area contributed by atoms with Gasteiger partial charge < -0.3 is 15.5 Å². The number of alkyl halides is 3. The van der Waals surface area contributed by atoms with Crippen molar-refractivity contribution >= 4 is 11.8 Å². The largest absolute Gasteiger partial charge is 0.406 e. The average molecular weight is 333 g/mol. The molecule has 23 heavy (non-hydrogen) atoms. The van der Waals surface area contributed by atoms with Crippen molar-refractivity contribution in [2.75, 3.05) is 13.1 Å². The van der Waals surface area contributed by atoms with Crippen LogP contribution in [0.5, 0.6) is 0 Å². The van der Waals surface area contributed by atoms with Gasteiger partial charge in [-0.25, -0.2) is 0 Å². The summed E-state index contributed by atoms with van der Waals surface area (Å²) in [4.78, 5) is 25.1. The number of likely N-dealkylation sites (tertiary alicyclic amines) is 1. The van der Waals surface area contributed by atoms with E-state index in [0.717, 1.165) is 30.6 Å². The minimum atomic E-state index is -4.41. The fourth-order valence-electron chi connectivity index (χ4n) is 4.04. The predicted molar refractivity (Wildman–Crippen MR) is 76.5 cm³/mol. The number of halogens is 3. The molecule has 0 radical (unpaired) electrons.